The summed E-state index contributed by atoms with van der Waals surface area (Å²) in [6.07, 6.45) is 10.3. The average Bonchev–Trinajstić information content (AvgIpc) is 3.68. The van der Waals surface area contributed by atoms with Gasteiger partial charge < -0.3 is 28.4 Å². The largest absolute Gasteiger partial charge is 0.493 e. The topological polar surface area (TPSA) is 158 Å². The van der Waals surface area contributed by atoms with E-state index in [4.69, 9.17) is 18.9 Å². The second-order valence-corrected chi connectivity index (χ2v) is 13.9. The number of hydrogen-bond acceptors (Lipinski definition) is 12. The lowest BCUT2D eigenvalue weighted by atomic mass is 9.73. The molecule has 0 bridgehead atoms. The number of methoxy groups -OCH3 is 2. The molecular weight excluding hydrogens is 720 g/mol. The van der Waals surface area contributed by atoms with Gasteiger partial charge in [0.15, 0.2) is 23.0 Å². The smallest absolute Gasteiger partial charge is 0.346 e. The Kier molecular flexibility index (Phi) is 9.55. The van der Waals surface area contributed by atoms with E-state index >= 15 is 0 Å². The molecule has 12 heteroatoms. The summed E-state index contributed by atoms with van der Waals surface area (Å²) in [5.41, 5.74) is 4.86. The minimum absolute atomic E-state index is 0.0270. The molecule has 0 radical (unpaired) electrons. The van der Waals surface area contributed by atoms with Crippen molar-refractivity contribution in [1.29, 1.82) is 0 Å². The first-order valence-corrected chi connectivity index (χ1v) is 18.1. The van der Waals surface area contributed by atoms with E-state index in [0.717, 1.165) is 49.7 Å². The third kappa shape index (κ3) is 6.85. The molecule has 0 N–H and O–H groups in total. The molecule has 0 fully saturated rings. The molecule has 4 aromatic carbocycles. The van der Waals surface area contributed by atoms with Crippen LogP contribution in [0, 0.1) is 11.8 Å². The minimum Gasteiger partial charge on any atom is -0.493 e. The van der Waals surface area contributed by atoms with Crippen molar-refractivity contribution in [3.05, 3.63) is 129 Å². The van der Waals surface area contributed by atoms with Gasteiger partial charge in [0.05, 0.1) is 47.6 Å². The summed E-state index contributed by atoms with van der Waals surface area (Å²) in [7, 11) is 3.01. The molecule has 2 aliphatic heterocycles. The van der Waals surface area contributed by atoms with Crippen LogP contribution in [0.3, 0.4) is 0 Å². The Morgan fingerprint density at radius 1 is 0.518 bits per heavy atom. The molecule has 0 saturated carbocycles. The van der Waals surface area contributed by atoms with Gasteiger partial charge in [-0.2, -0.15) is 0 Å². The zero-order valence-corrected chi connectivity index (χ0v) is 30.4. The molecular formula is C44H34O12. The quantitative estimate of drug-likeness (QED) is 0.0928. The van der Waals surface area contributed by atoms with Gasteiger partial charge in [-0.05, 0) is 133 Å². The summed E-state index contributed by atoms with van der Waals surface area (Å²) in [5.74, 6) is -2.15. The summed E-state index contributed by atoms with van der Waals surface area (Å²) >= 11 is 0. The van der Waals surface area contributed by atoms with Crippen LogP contribution < -0.4 is 18.9 Å². The average molecular weight is 755 g/mol. The zero-order valence-electron chi connectivity index (χ0n) is 30.4. The first-order valence-electron chi connectivity index (χ1n) is 18.1. The fourth-order valence-electron chi connectivity index (χ4n) is 7.73. The van der Waals surface area contributed by atoms with Gasteiger partial charge in [-0.15, -0.1) is 0 Å². The van der Waals surface area contributed by atoms with Crippen LogP contribution in [0.15, 0.2) is 84.9 Å². The Bertz CT molecular complexity index is 2270. The van der Waals surface area contributed by atoms with Crippen molar-refractivity contribution < 1.29 is 57.2 Å². The molecule has 2 heterocycles. The molecule has 2 unspecified atom stereocenters. The number of allylic oxidation sites excluding steroid dienone is 4. The molecule has 0 spiro atoms. The highest BCUT2D eigenvalue weighted by molar-refractivity contribution is 6.16. The molecule has 4 aromatic rings. The van der Waals surface area contributed by atoms with E-state index in [2.05, 4.69) is 21.6 Å². The number of hydrogen-bond donors (Lipinski definition) is 0. The zero-order chi connectivity index (χ0) is 39.1. The second kappa shape index (κ2) is 14.8. The monoisotopic (exact) mass is 754 g/mol. The highest BCUT2D eigenvalue weighted by Crippen LogP contribution is 2.43. The lowest BCUT2D eigenvalue weighted by Gasteiger charge is -2.32. The van der Waals surface area contributed by atoms with Gasteiger partial charge >= 0.3 is 35.8 Å². The van der Waals surface area contributed by atoms with Crippen molar-refractivity contribution >= 4 is 47.0 Å². The first kappa shape index (κ1) is 36.2. The Hall–Kier alpha value is -6.82. The third-order valence-corrected chi connectivity index (χ3v) is 10.8. The van der Waals surface area contributed by atoms with Crippen LogP contribution in [0.25, 0.3) is 11.1 Å². The van der Waals surface area contributed by atoms with Gasteiger partial charge in [-0.25, -0.2) is 28.8 Å². The molecule has 2 atom stereocenters. The second-order valence-electron chi connectivity index (χ2n) is 13.9. The Morgan fingerprint density at radius 2 is 0.929 bits per heavy atom. The van der Waals surface area contributed by atoms with Gasteiger partial charge in [0.2, 0.25) is 0 Å². The number of carbonyl (C=O) groups is 6. The van der Waals surface area contributed by atoms with Crippen LogP contribution >= 0.6 is 0 Å². The highest BCUT2D eigenvalue weighted by Gasteiger charge is 2.32. The number of rotatable bonds is 9. The van der Waals surface area contributed by atoms with E-state index in [1.54, 1.807) is 12.1 Å². The number of esters is 6. The fourth-order valence-corrected chi connectivity index (χ4v) is 7.73. The van der Waals surface area contributed by atoms with Crippen molar-refractivity contribution in [1.82, 2.24) is 0 Å². The van der Waals surface area contributed by atoms with Crippen LogP contribution in [0.1, 0.15) is 112 Å². The Labute approximate surface area is 320 Å². The molecule has 4 aliphatic rings. The molecule has 0 saturated heterocycles. The molecule has 282 valence electrons. The molecule has 2 aliphatic carbocycles. The first-order chi connectivity index (χ1) is 27.1. The predicted molar refractivity (Wildman–Crippen MR) is 199 cm³/mol. The SMILES string of the molecule is COc1cc(C2=CCC(C3CC=C(c4ccc(OC(=O)c5ccc6c(c5)C(=O)OC6=O)c(OC)c4)CC3)CC2)ccc1OC(=O)c1ccc2c(c1)C(=O)OC2=O. The number of ether oxygens (including phenoxy) is 6. The number of cyclic esters (lactones) is 4. The third-order valence-electron chi connectivity index (χ3n) is 10.8. The highest BCUT2D eigenvalue weighted by atomic mass is 16.6. The Balaban J connectivity index is 0.879. The van der Waals surface area contributed by atoms with Crippen molar-refractivity contribution in [2.45, 2.75) is 38.5 Å². The van der Waals surface area contributed by atoms with Crippen LogP contribution in [-0.2, 0) is 9.47 Å². The van der Waals surface area contributed by atoms with Crippen LogP contribution in [-0.4, -0.2) is 50.0 Å². The predicted octanol–water partition coefficient (Wildman–Crippen LogP) is 7.83. The number of fused-ring (bicyclic) bond motifs is 2. The van der Waals surface area contributed by atoms with Crippen molar-refractivity contribution in [2.75, 3.05) is 14.2 Å². The van der Waals surface area contributed by atoms with Gasteiger partial charge in [-0.1, -0.05) is 24.3 Å². The molecule has 8 rings (SSSR count). The van der Waals surface area contributed by atoms with Gasteiger partial charge in [0.25, 0.3) is 0 Å². The molecule has 12 nitrogen and oxygen atoms in total. The van der Waals surface area contributed by atoms with E-state index in [1.165, 1.54) is 61.8 Å². The normalized spacial score (nSPS) is 18.5. The van der Waals surface area contributed by atoms with Crippen molar-refractivity contribution in [2.24, 2.45) is 11.8 Å². The fraction of sp³-hybridized carbons (Fsp3) is 0.227. The molecule has 0 amide bonds. The lowest BCUT2D eigenvalue weighted by Crippen LogP contribution is -2.19. The number of benzene rings is 4. The maximum atomic E-state index is 12.9. The lowest BCUT2D eigenvalue weighted by molar-refractivity contribution is 0.0425. The van der Waals surface area contributed by atoms with E-state index in [-0.39, 0.29) is 44.9 Å². The van der Waals surface area contributed by atoms with E-state index in [1.807, 2.05) is 24.3 Å². The summed E-state index contributed by atoms with van der Waals surface area (Å²) in [6, 6.07) is 19.1. The van der Waals surface area contributed by atoms with Gasteiger partial charge in [-0.3, -0.25) is 0 Å². The van der Waals surface area contributed by atoms with Gasteiger partial charge in [0.1, 0.15) is 0 Å². The van der Waals surface area contributed by atoms with Crippen LogP contribution in [0.2, 0.25) is 0 Å². The summed E-state index contributed by atoms with van der Waals surface area (Å²) < 4.78 is 31.6. The minimum atomic E-state index is -0.798. The van der Waals surface area contributed by atoms with E-state index in [0.29, 0.717) is 23.3 Å². The Morgan fingerprint density at radius 3 is 1.30 bits per heavy atom. The van der Waals surface area contributed by atoms with Crippen LogP contribution in [0.4, 0.5) is 0 Å². The number of carbonyl (C=O) groups excluding carboxylic acids is 6. The van der Waals surface area contributed by atoms with Crippen molar-refractivity contribution in [3.63, 3.8) is 0 Å². The van der Waals surface area contributed by atoms with Crippen LogP contribution in [0.5, 0.6) is 23.0 Å². The van der Waals surface area contributed by atoms with Crippen molar-refractivity contribution in [3.8, 4) is 23.0 Å². The summed E-state index contributed by atoms with van der Waals surface area (Å²) in [6.45, 7) is 0. The maximum absolute atomic E-state index is 12.9. The molecule has 0 aromatic heterocycles. The van der Waals surface area contributed by atoms with E-state index < -0.39 is 35.8 Å². The van der Waals surface area contributed by atoms with Gasteiger partial charge in [0, 0.05) is 0 Å². The van der Waals surface area contributed by atoms with E-state index in [9.17, 15) is 28.8 Å². The summed E-state index contributed by atoms with van der Waals surface area (Å²) in [5, 5.41) is 0. The summed E-state index contributed by atoms with van der Waals surface area (Å²) in [4.78, 5) is 73.3. The molecule has 56 heavy (non-hydrogen) atoms. The maximum Gasteiger partial charge on any atom is 0.346 e. The standard InChI is InChI=1S/C44H34O12/c1-51-37-21-27(13-17-35(37)53-39(45)29-11-15-31-33(19-29)43(49)55-41(31)47)25-7-3-23(4-8-25)24-5-9-26(10-6-24)28-14-18-36(38(22-28)52-2)54-40(46)30-12-16-32-34(20-30)44(50)56-42(32)48/h7,9,11-24H,3-6,8,10H2,1-2H3.